The van der Waals surface area contributed by atoms with Gasteiger partial charge in [0.1, 0.15) is 48.0 Å². The van der Waals surface area contributed by atoms with E-state index in [0.29, 0.717) is 63.5 Å². The molecular weight excluding hydrogens is 1220 g/mol. The lowest BCUT2D eigenvalue weighted by Gasteiger charge is -2.40. The number of amides is 10. The van der Waals surface area contributed by atoms with Gasteiger partial charge in [0, 0.05) is 13.1 Å². The highest BCUT2D eigenvalue weighted by atomic mass is 16.6. The molecule has 0 spiro atoms. The molecule has 524 valence electrons. The third-order valence-corrected chi connectivity index (χ3v) is 21.6. The van der Waals surface area contributed by atoms with E-state index in [1.165, 1.54) is 9.80 Å². The average Bonchev–Trinajstić information content (AvgIpc) is 1.53. The van der Waals surface area contributed by atoms with Crippen LogP contribution in [0.5, 0.6) is 0 Å². The van der Waals surface area contributed by atoms with Crippen molar-refractivity contribution in [3.8, 4) is 0 Å². The largest absolute Gasteiger partial charge is 0.460 e. The maximum Gasteiger partial charge on any atom is 0.332 e. The zero-order valence-corrected chi connectivity index (χ0v) is 58.1. The van der Waals surface area contributed by atoms with E-state index >= 15 is 0 Å². The second-order valence-electron chi connectivity index (χ2n) is 32.1. The van der Waals surface area contributed by atoms with Crippen molar-refractivity contribution in [2.45, 2.75) is 240 Å². The first-order valence-electron chi connectivity index (χ1n) is 34.5. The minimum Gasteiger partial charge on any atom is -0.460 e. The van der Waals surface area contributed by atoms with Crippen molar-refractivity contribution in [3.05, 3.63) is 48.6 Å². The quantitative estimate of drug-likeness (QED) is 0.0286. The van der Waals surface area contributed by atoms with E-state index in [9.17, 15) is 57.5 Å². The van der Waals surface area contributed by atoms with Crippen LogP contribution in [0.2, 0.25) is 0 Å². The fourth-order valence-corrected chi connectivity index (χ4v) is 15.1. The van der Waals surface area contributed by atoms with E-state index in [1.807, 2.05) is 120 Å². The lowest BCUT2D eigenvalue weighted by atomic mass is 9.81. The number of likely N-dealkylation sites (tertiary alicyclic amines) is 2. The number of esters is 2. The number of primary amides is 2. The Balaban J connectivity index is 0.000000245. The maximum absolute atomic E-state index is 14.4. The number of Topliss-reactive ketones (excluding diaryl/α,β-unsaturated/α-hetero) is 2. The number of hydrogen-bond acceptors (Lipinski definition) is 14. The highest BCUT2D eigenvalue weighted by Crippen LogP contribution is 2.66. The molecule has 95 heavy (non-hydrogen) atoms. The van der Waals surface area contributed by atoms with E-state index in [1.54, 1.807) is 6.08 Å². The van der Waals surface area contributed by atoms with Gasteiger partial charge in [-0.05, 0) is 132 Å². The molecular formula is C71H106N10O14. The molecule has 2 heterocycles. The van der Waals surface area contributed by atoms with Crippen LogP contribution in [0.25, 0.3) is 0 Å². The molecule has 9 rings (SSSR count). The summed E-state index contributed by atoms with van der Waals surface area (Å²) in [6, 6.07) is 0.992. The Morgan fingerprint density at radius 3 is 1.52 bits per heavy atom. The number of piperidine rings is 2. The van der Waals surface area contributed by atoms with Crippen LogP contribution in [0.4, 0.5) is 9.59 Å². The van der Waals surface area contributed by atoms with E-state index < -0.39 is 136 Å². The molecule has 10 N–H and O–H groups in total. The predicted molar refractivity (Wildman–Crippen MR) is 352 cm³/mol. The van der Waals surface area contributed by atoms with Crippen LogP contribution in [0.15, 0.2) is 43.0 Å². The fourth-order valence-electron chi connectivity index (χ4n) is 15.1. The summed E-state index contributed by atoms with van der Waals surface area (Å²) in [7, 11) is 0. The normalized spacial score (nSPS) is 25.3. The zero-order valence-electron chi connectivity index (χ0n) is 58.1. The van der Waals surface area contributed by atoms with E-state index in [4.69, 9.17) is 20.9 Å². The number of hydrogen-bond donors (Lipinski definition) is 8. The number of nitrogens with zero attached hydrogens (tertiary/aromatic N) is 2. The molecule has 8 fully saturated rings. The molecule has 10 amide bonds. The summed E-state index contributed by atoms with van der Waals surface area (Å²) in [5.41, 5.74) is 8.07. The van der Waals surface area contributed by atoms with Crippen molar-refractivity contribution in [3.63, 3.8) is 0 Å². The molecule has 0 aromatic heterocycles. The van der Waals surface area contributed by atoms with Gasteiger partial charge in [-0.3, -0.25) is 38.4 Å². The summed E-state index contributed by atoms with van der Waals surface area (Å²) in [6.45, 7) is 29.0. The number of carbonyl (C=O) groups is 12. The van der Waals surface area contributed by atoms with Gasteiger partial charge in [0.15, 0.2) is 0 Å². The van der Waals surface area contributed by atoms with Gasteiger partial charge >= 0.3 is 24.0 Å². The van der Waals surface area contributed by atoms with Crippen LogP contribution in [0, 0.1) is 69.0 Å². The molecule has 1 aromatic rings. The van der Waals surface area contributed by atoms with Crippen LogP contribution in [0.3, 0.4) is 0 Å². The molecule has 6 aliphatic carbocycles. The number of nitrogens with one attached hydrogen (secondary N) is 6. The number of ketones is 2. The topological polar surface area (TPSA) is 354 Å². The number of carbonyl (C=O) groups excluding carboxylic acids is 12. The smallest absolute Gasteiger partial charge is 0.332 e. The molecule has 8 aliphatic rings. The van der Waals surface area contributed by atoms with Crippen LogP contribution in [-0.2, 0) is 57.4 Å². The van der Waals surface area contributed by atoms with Crippen LogP contribution < -0.4 is 43.4 Å². The third-order valence-electron chi connectivity index (χ3n) is 21.6. The summed E-state index contributed by atoms with van der Waals surface area (Å²) in [4.78, 5) is 162. The second kappa shape index (κ2) is 28.7. The minimum atomic E-state index is -1.30. The molecule has 24 nitrogen and oxygen atoms in total. The van der Waals surface area contributed by atoms with E-state index in [-0.39, 0.29) is 58.9 Å². The average molecular weight is 1320 g/mol. The van der Waals surface area contributed by atoms with E-state index in [2.05, 4.69) is 38.5 Å². The number of nitrogens with two attached hydrogens (primary N) is 2. The summed E-state index contributed by atoms with van der Waals surface area (Å²) in [5.74, 6) is -6.29. The van der Waals surface area contributed by atoms with Crippen LogP contribution >= 0.6 is 0 Å². The third kappa shape index (κ3) is 16.9. The van der Waals surface area contributed by atoms with Crippen LogP contribution in [0.1, 0.15) is 192 Å². The van der Waals surface area contributed by atoms with Gasteiger partial charge in [0.2, 0.25) is 35.2 Å². The fraction of sp³-hybridized carbons (Fsp3) is 0.718. The predicted octanol–water partition coefficient (Wildman–Crippen LogP) is 5.98. The molecule has 24 heteroatoms. The van der Waals surface area contributed by atoms with Gasteiger partial charge < -0.3 is 62.6 Å². The van der Waals surface area contributed by atoms with Crippen molar-refractivity contribution in [1.29, 1.82) is 0 Å². The Kier molecular flexibility index (Phi) is 22.2. The Hall–Kier alpha value is -7.40. The summed E-state index contributed by atoms with van der Waals surface area (Å²) < 4.78 is 11.9. The molecule has 3 unspecified atom stereocenters. The van der Waals surface area contributed by atoms with Gasteiger partial charge in [-0.15, -0.1) is 0 Å². The lowest BCUT2D eigenvalue weighted by molar-refractivity contribution is -0.157. The molecule has 1 aromatic carbocycles. The number of ether oxygens (including phenoxy) is 2. The monoisotopic (exact) mass is 1320 g/mol. The molecule has 0 radical (unpaired) electrons. The Bertz CT molecular complexity index is 3110. The molecule has 0 bridgehead atoms. The van der Waals surface area contributed by atoms with Gasteiger partial charge in [0.25, 0.3) is 11.8 Å². The van der Waals surface area contributed by atoms with Gasteiger partial charge in [0.05, 0.1) is 12.1 Å². The standard InChI is InChI=1S/C38H53N5O7.C33H53N5O7/c1-7-26(23-14-10-8-11-15-23)50-34(48)38(18-12-9-13-19-38)42-35(49)41-30(36(2,3)4)33(47)43-21-24-27(37(24,5)6)28(43)32(46)40-25(20-22-16-17-22)29(44)31(39)45;1-9-10-20(24(39)27(34)40)35-28(41)23-21-19(33(21,7)8)15-38(23)29(42)26(32(4,5)6)37-31(44)36-22(16(2)3)30(43)45-25(17-11-12-17)18-13-14-18/h7-8,10-11,14-15,22,24-28,30H,1,9,12-13,16-21H2,2-6H3,(H2,39,45)(H,40,46)(H2,41,42,49);16-23,25-26H,9-15H2,1-8H3,(H2,34,40)(H,35,41)(H2,36,37,44)/t24-,25?,26?,27-,28-,30+;19-,20?,21-,22-,23-,26+/m00/s1. The highest BCUT2D eigenvalue weighted by molar-refractivity contribution is 6.38. The first kappa shape index (κ1) is 73.4. The van der Waals surface area contributed by atoms with Crippen molar-refractivity contribution < 1.29 is 67.0 Å². The maximum atomic E-state index is 14.4. The highest BCUT2D eigenvalue weighted by Gasteiger charge is 2.71. The number of benzene rings is 1. The van der Waals surface area contributed by atoms with E-state index in [0.717, 1.165) is 50.5 Å². The molecule has 12 atom stereocenters. The number of rotatable bonds is 27. The lowest BCUT2D eigenvalue weighted by Crippen LogP contribution is -2.64. The van der Waals surface area contributed by atoms with Crippen LogP contribution in [-0.4, -0.2) is 148 Å². The van der Waals surface area contributed by atoms with Gasteiger partial charge in [-0.25, -0.2) is 19.2 Å². The Morgan fingerprint density at radius 1 is 0.632 bits per heavy atom. The minimum absolute atomic E-state index is 0.0491. The summed E-state index contributed by atoms with van der Waals surface area (Å²) in [5, 5.41) is 16.8. The van der Waals surface area contributed by atoms with Crippen molar-refractivity contribution in [1.82, 2.24) is 41.7 Å². The number of fused-ring (bicyclic) bond motifs is 2. The summed E-state index contributed by atoms with van der Waals surface area (Å²) >= 11 is 0. The molecule has 2 aliphatic heterocycles. The van der Waals surface area contributed by atoms with Crippen molar-refractivity contribution in [2.75, 3.05) is 13.1 Å². The zero-order chi connectivity index (χ0) is 70.2. The Morgan fingerprint density at radius 2 is 1.09 bits per heavy atom. The molecule has 2 saturated heterocycles. The van der Waals surface area contributed by atoms with Gasteiger partial charge in [-0.2, -0.15) is 0 Å². The Labute approximate surface area is 559 Å². The first-order chi connectivity index (χ1) is 44.4. The summed E-state index contributed by atoms with van der Waals surface area (Å²) in [6.07, 6.45) is 11.0. The van der Waals surface area contributed by atoms with Gasteiger partial charge in [-0.1, -0.05) is 165 Å². The molecule has 6 saturated carbocycles. The first-order valence-corrected chi connectivity index (χ1v) is 34.5. The number of urea groups is 2. The SMILES string of the molecule is C=CC(OC(=O)C1(NC(=O)N[C@H](C(=O)N2C[C@H]3[C@@H]([C@H]2C(=O)NC(CC2CC2)C(=O)C(N)=O)C3(C)C)C(C)(C)C)CCCCC1)c1ccccc1.CCCC(NC(=O)[C@@H]1[C@@H]2[C@H](CN1C(=O)[C@@H](NC(=O)N[C@H](C(=O)OC(C1CC1)C1CC1)C(C)C)C(C)(C)C)C2(C)C)C(=O)C(N)=O. The van der Waals surface area contributed by atoms with Crippen molar-refractivity contribution in [2.24, 2.45) is 80.5 Å². The second-order valence-corrected chi connectivity index (χ2v) is 32.1. The van der Waals surface area contributed by atoms with Crippen molar-refractivity contribution >= 4 is 71.0 Å².